The van der Waals surface area contributed by atoms with Crippen LogP contribution < -0.4 is 16.0 Å². The summed E-state index contributed by atoms with van der Waals surface area (Å²) in [5.74, 6) is -1.72. The molecule has 2 aromatic heterocycles. The number of hydrogen-bond donors (Lipinski definition) is 5. The van der Waals surface area contributed by atoms with Crippen molar-refractivity contribution in [3.63, 3.8) is 0 Å². The first-order valence-electron chi connectivity index (χ1n) is 13.0. The Morgan fingerprint density at radius 2 is 1.97 bits per heavy atom. The summed E-state index contributed by atoms with van der Waals surface area (Å²) >= 11 is 0. The Morgan fingerprint density at radius 3 is 2.78 bits per heavy atom. The summed E-state index contributed by atoms with van der Waals surface area (Å²) in [7, 11) is 0. The molecule has 1 aliphatic heterocycles. The van der Waals surface area contributed by atoms with E-state index in [4.69, 9.17) is 4.98 Å². The lowest BCUT2D eigenvalue weighted by Gasteiger charge is -2.16. The minimum absolute atomic E-state index is 0.0996. The van der Waals surface area contributed by atoms with Crippen LogP contribution in [-0.2, 0) is 35.4 Å². The number of nitrogens with zero attached hydrogens (tertiary/aromatic N) is 1. The van der Waals surface area contributed by atoms with Gasteiger partial charge in [0.15, 0.2) is 0 Å². The molecule has 1 aromatic carbocycles. The molecular weight excluding hydrogens is 470 g/mol. The molecule has 0 aliphatic carbocycles. The van der Waals surface area contributed by atoms with E-state index in [0.717, 1.165) is 60.9 Å². The lowest BCUT2D eigenvalue weighted by atomic mass is 10.0. The number of carboxylic acids is 1. The second-order valence-corrected chi connectivity index (χ2v) is 9.42. The molecular formula is C28H35N5O4. The quantitative estimate of drug-likeness (QED) is 0.240. The van der Waals surface area contributed by atoms with Crippen LogP contribution >= 0.6 is 0 Å². The summed E-state index contributed by atoms with van der Waals surface area (Å²) < 4.78 is 0. The largest absolute Gasteiger partial charge is 0.480 e. The van der Waals surface area contributed by atoms with Crippen molar-refractivity contribution < 1.29 is 19.5 Å². The molecule has 4 rings (SSSR count). The van der Waals surface area contributed by atoms with Crippen molar-refractivity contribution in [1.29, 1.82) is 0 Å². The van der Waals surface area contributed by atoms with Crippen LogP contribution in [0.2, 0.25) is 0 Å². The molecule has 3 heterocycles. The number of H-pyrrole nitrogens is 1. The Balaban J connectivity index is 1.20. The minimum atomic E-state index is -1.13. The van der Waals surface area contributed by atoms with E-state index in [1.165, 1.54) is 11.3 Å². The Hall–Kier alpha value is -3.72. The summed E-state index contributed by atoms with van der Waals surface area (Å²) in [6.45, 7) is 3.96. The molecule has 1 atom stereocenters. The fraction of sp³-hybridized carbons (Fsp3) is 0.429. The molecule has 0 saturated heterocycles. The van der Waals surface area contributed by atoms with Gasteiger partial charge in [-0.3, -0.25) is 14.6 Å². The van der Waals surface area contributed by atoms with Gasteiger partial charge >= 0.3 is 5.97 Å². The Labute approximate surface area is 216 Å². The van der Waals surface area contributed by atoms with E-state index in [9.17, 15) is 19.5 Å². The lowest BCUT2D eigenvalue weighted by Crippen LogP contribution is -2.43. The van der Waals surface area contributed by atoms with Gasteiger partial charge in [0, 0.05) is 54.8 Å². The zero-order chi connectivity index (χ0) is 26.2. The highest BCUT2D eigenvalue weighted by molar-refractivity contribution is 6.02. The van der Waals surface area contributed by atoms with Crippen molar-refractivity contribution in [3.05, 3.63) is 64.6 Å². The number of carbonyl (C=O) groups is 3. The number of para-hydroxylation sites is 1. The van der Waals surface area contributed by atoms with Crippen LogP contribution in [0.5, 0.6) is 0 Å². The maximum atomic E-state index is 12.9. The zero-order valence-corrected chi connectivity index (χ0v) is 21.2. The van der Waals surface area contributed by atoms with Crippen LogP contribution in [0.15, 0.2) is 36.4 Å². The first-order valence-corrected chi connectivity index (χ1v) is 13.0. The van der Waals surface area contributed by atoms with Gasteiger partial charge in [-0.1, -0.05) is 31.2 Å². The minimum Gasteiger partial charge on any atom is -0.480 e. The van der Waals surface area contributed by atoms with Gasteiger partial charge < -0.3 is 26.0 Å². The van der Waals surface area contributed by atoms with Crippen molar-refractivity contribution in [2.75, 3.05) is 13.1 Å². The van der Waals surface area contributed by atoms with Crippen LogP contribution in [0.25, 0.3) is 10.9 Å². The number of aromatic nitrogens is 2. The first kappa shape index (κ1) is 26.3. The maximum absolute atomic E-state index is 12.9. The Bertz CT molecular complexity index is 1270. The van der Waals surface area contributed by atoms with Crippen LogP contribution in [-0.4, -0.2) is 52.0 Å². The van der Waals surface area contributed by atoms with Crippen molar-refractivity contribution in [2.24, 2.45) is 0 Å². The number of carboxylic acid groups (broad SMARTS) is 1. The predicted octanol–water partition coefficient (Wildman–Crippen LogP) is 2.87. The number of benzene rings is 1. The molecule has 0 radical (unpaired) electrons. The number of fused-ring (bicyclic) bond motifs is 2. The van der Waals surface area contributed by atoms with Crippen LogP contribution in [0.1, 0.15) is 65.6 Å². The third-order valence-corrected chi connectivity index (χ3v) is 6.82. The molecule has 1 unspecified atom stereocenters. The molecule has 3 aromatic rings. The highest BCUT2D eigenvalue weighted by atomic mass is 16.4. The molecule has 2 amide bonds. The van der Waals surface area contributed by atoms with Gasteiger partial charge in [0.1, 0.15) is 11.7 Å². The van der Waals surface area contributed by atoms with Crippen molar-refractivity contribution in [3.8, 4) is 0 Å². The zero-order valence-electron chi connectivity index (χ0n) is 21.2. The average Bonchev–Trinajstić information content (AvgIpc) is 3.29. The normalized spacial score (nSPS) is 13.6. The van der Waals surface area contributed by atoms with Crippen molar-refractivity contribution >= 4 is 28.7 Å². The number of carbonyl (C=O) groups excluding carboxylic acids is 2. The van der Waals surface area contributed by atoms with Crippen LogP contribution in [0, 0.1) is 0 Å². The monoisotopic (exact) mass is 505 g/mol. The van der Waals surface area contributed by atoms with E-state index in [-0.39, 0.29) is 18.9 Å². The second-order valence-electron chi connectivity index (χ2n) is 9.42. The van der Waals surface area contributed by atoms with Gasteiger partial charge in [-0.05, 0) is 55.4 Å². The van der Waals surface area contributed by atoms with Gasteiger partial charge in [0.05, 0.1) is 0 Å². The number of pyridine rings is 1. The standard InChI is InChI=1S/C28H35N5O4/c1-2-20-21-8-4-5-9-23(21)32-26(20)27(35)33-24(28(36)37)14-16-30-25(34)10-6-3-7-19-12-11-18-17-29-15-13-22(18)31-19/h4-5,8-9,11-12,24,29,32H,2-3,6-7,10,13-17H2,1H3,(H,30,34)(H,33,35)(H,36,37). The number of unbranched alkanes of at least 4 members (excludes halogenated alkanes) is 1. The Morgan fingerprint density at radius 1 is 1.14 bits per heavy atom. The predicted molar refractivity (Wildman–Crippen MR) is 141 cm³/mol. The molecule has 0 bridgehead atoms. The number of hydrogen-bond acceptors (Lipinski definition) is 5. The highest BCUT2D eigenvalue weighted by Crippen LogP contribution is 2.23. The molecule has 9 heteroatoms. The van der Waals surface area contributed by atoms with Crippen LogP contribution in [0.3, 0.4) is 0 Å². The van der Waals surface area contributed by atoms with Crippen molar-refractivity contribution in [2.45, 2.75) is 64.5 Å². The smallest absolute Gasteiger partial charge is 0.326 e. The van der Waals surface area contributed by atoms with E-state index in [1.54, 1.807) is 0 Å². The van der Waals surface area contributed by atoms with Gasteiger partial charge in [-0.15, -0.1) is 0 Å². The molecule has 5 N–H and O–H groups in total. The van der Waals surface area contributed by atoms with E-state index in [0.29, 0.717) is 18.5 Å². The fourth-order valence-corrected chi connectivity index (χ4v) is 4.81. The SMILES string of the molecule is CCc1c(C(=O)NC(CCNC(=O)CCCCc2ccc3c(n2)CCNC3)C(=O)O)[nH]c2ccccc12. The first-order chi connectivity index (χ1) is 18.0. The number of amides is 2. The number of nitrogens with one attached hydrogen (secondary N) is 4. The third-order valence-electron chi connectivity index (χ3n) is 6.82. The number of aryl methyl sites for hydroxylation is 2. The highest BCUT2D eigenvalue weighted by Gasteiger charge is 2.24. The topological polar surface area (TPSA) is 136 Å². The summed E-state index contributed by atoms with van der Waals surface area (Å²) in [4.78, 5) is 44.7. The fourth-order valence-electron chi connectivity index (χ4n) is 4.81. The van der Waals surface area contributed by atoms with Crippen LogP contribution in [0.4, 0.5) is 0 Å². The van der Waals surface area contributed by atoms with Gasteiger partial charge in [-0.2, -0.15) is 0 Å². The third kappa shape index (κ3) is 6.74. The molecule has 0 spiro atoms. The van der Waals surface area contributed by atoms with E-state index >= 15 is 0 Å². The number of rotatable bonds is 12. The second kappa shape index (κ2) is 12.5. The molecule has 37 heavy (non-hydrogen) atoms. The van der Waals surface area contributed by atoms with Gasteiger partial charge in [0.25, 0.3) is 5.91 Å². The van der Waals surface area contributed by atoms with E-state index in [1.807, 2.05) is 31.2 Å². The maximum Gasteiger partial charge on any atom is 0.326 e. The molecule has 0 fully saturated rings. The summed E-state index contributed by atoms with van der Waals surface area (Å²) in [6, 6.07) is 10.7. The van der Waals surface area contributed by atoms with Gasteiger partial charge in [-0.25, -0.2) is 4.79 Å². The number of aromatic amines is 1. The Kier molecular flexibility index (Phi) is 8.90. The van der Waals surface area contributed by atoms with E-state index < -0.39 is 17.9 Å². The van der Waals surface area contributed by atoms with Crippen molar-refractivity contribution in [1.82, 2.24) is 25.9 Å². The molecule has 196 valence electrons. The summed E-state index contributed by atoms with van der Waals surface area (Å²) in [6.07, 6.45) is 4.47. The molecule has 9 nitrogen and oxygen atoms in total. The van der Waals surface area contributed by atoms with E-state index in [2.05, 4.69) is 33.1 Å². The summed E-state index contributed by atoms with van der Waals surface area (Å²) in [5, 5.41) is 19.3. The lowest BCUT2D eigenvalue weighted by molar-refractivity contribution is -0.139. The van der Waals surface area contributed by atoms with Gasteiger partial charge in [0.2, 0.25) is 5.91 Å². The molecule has 1 aliphatic rings. The summed E-state index contributed by atoms with van der Waals surface area (Å²) in [5.41, 5.74) is 5.56. The average molecular weight is 506 g/mol. The number of aliphatic carboxylic acids is 1. The molecule has 0 saturated carbocycles.